The van der Waals surface area contributed by atoms with Gasteiger partial charge in [0.2, 0.25) is 15.9 Å². The summed E-state index contributed by atoms with van der Waals surface area (Å²) in [4.78, 5) is 16.6. The van der Waals surface area contributed by atoms with Crippen molar-refractivity contribution in [2.75, 3.05) is 5.32 Å². The minimum Gasteiger partial charge on any atom is -0.302 e. The first-order valence-electron chi connectivity index (χ1n) is 8.08. The Hall–Kier alpha value is -0.990. The molecule has 0 atom stereocenters. The fourth-order valence-corrected chi connectivity index (χ4v) is 4.35. The van der Waals surface area contributed by atoms with E-state index >= 15 is 0 Å². The molecule has 0 bridgehead atoms. The maximum atomic E-state index is 12.3. The van der Waals surface area contributed by atoms with Crippen LogP contribution in [0.2, 0.25) is 0 Å². The summed E-state index contributed by atoms with van der Waals surface area (Å²) in [5, 5.41) is 5.05. The van der Waals surface area contributed by atoms with Crippen LogP contribution in [-0.2, 0) is 21.2 Å². The van der Waals surface area contributed by atoms with Gasteiger partial charge in [-0.05, 0) is 46.0 Å². The van der Waals surface area contributed by atoms with Crippen LogP contribution in [0.5, 0.6) is 0 Å². The number of thiazole rings is 1. The molecule has 0 radical (unpaired) electrons. The van der Waals surface area contributed by atoms with Crippen molar-refractivity contribution in [2.24, 2.45) is 5.92 Å². The second-order valence-electron chi connectivity index (χ2n) is 6.25. The summed E-state index contributed by atoms with van der Waals surface area (Å²) < 4.78 is 26.5. The zero-order chi connectivity index (χ0) is 17.0. The first kappa shape index (κ1) is 18.4. The molecule has 2 rings (SSSR count). The fraction of sp³-hybridized carbons (Fsp3) is 0.733. The predicted octanol–water partition coefficient (Wildman–Crippen LogP) is 2.53. The van der Waals surface area contributed by atoms with E-state index in [1.807, 2.05) is 12.3 Å². The van der Waals surface area contributed by atoms with Crippen molar-refractivity contribution in [1.29, 1.82) is 0 Å². The summed E-state index contributed by atoms with van der Waals surface area (Å²) in [5.41, 5.74) is 0.983. The van der Waals surface area contributed by atoms with Crippen molar-refractivity contribution in [3.05, 3.63) is 11.1 Å². The Balaban J connectivity index is 1.83. The maximum Gasteiger partial charge on any atom is 0.229 e. The lowest BCUT2D eigenvalue weighted by Gasteiger charge is -2.28. The Bertz CT molecular complexity index is 632. The lowest BCUT2D eigenvalue weighted by molar-refractivity contribution is -0.120. The number of aromatic nitrogens is 1. The van der Waals surface area contributed by atoms with Crippen LogP contribution in [-0.4, -0.2) is 30.6 Å². The van der Waals surface area contributed by atoms with Crippen LogP contribution in [0.15, 0.2) is 5.38 Å². The molecule has 0 aromatic carbocycles. The van der Waals surface area contributed by atoms with Gasteiger partial charge in [0.25, 0.3) is 0 Å². The molecule has 1 aromatic rings. The molecule has 0 aliphatic heterocycles. The molecule has 130 valence electrons. The number of rotatable bonds is 6. The quantitative estimate of drug-likeness (QED) is 0.817. The third kappa shape index (κ3) is 4.99. The van der Waals surface area contributed by atoms with Gasteiger partial charge < -0.3 is 5.32 Å². The lowest BCUT2D eigenvalue weighted by atomic mass is 9.86. The number of anilines is 1. The number of hydrogen-bond acceptors (Lipinski definition) is 5. The van der Waals surface area contributed by atoms with E-state index in [2.05, 4.69) is 15.0 Å². The highest BCUT2D eigenvalue weighted by Crippen LogP contribution is 2.27. The van der Waals surface area contributed by atoms with Crippen molar-refractivity contribution < 1.29 is 13.2 Å². The number of carbonyl (C=O) groups excluding carboxylic acids is 1. The average molecular weight is 360 g/mol. The van der Waals surface area contributed by atoms with Crippen molar-refractivity contribution in [3.63, 3.8) is 0 Å². The minimum atomic E-state index is -3.24. The predicted molar refractivity (Wildman–Crippen MR) is 93.1 cm³/mol. The van der Waals surface area contributed by atoms with E-state index in [0.29, 0.717) is 30.8 Å². The number of aryl methyl sites for hydroxylation is 1. The summed E-state index contributed by atoms with van der Waals surface area (Å²) in [6.07, 6.45) is 3.64. The highest BCUT2D eigenvalue weighted by molar-refractivity contribution is 7.90. The standard InChI is InChI=1S/C15H25N3O3S2/c1-4-12-9-22-15(16-12)17-14(19)11-5-7-13(8-6-11)18-23(20,21)10(2)3/h9-11,13,18H,4-8H2,1-3H3,(H,16,17,19). The van der Waals surface area contributed by atoms with Crippen molar-refractivity contribution in [2.45, 2.75) is 64.2 Å². The molecule has 1 saturated carbocycles. The van der Waals surface area contributed by atoms with Gasteiger partial charge in [-0.25, -0.2) is 18.1 Å². The molecular weight excluding hydrogens is 334 g/mol. The third-order valence-corrected chi connectivity index (χ3v) is 6.90. The van der Waals surface area contributed by atoms with Crippen LogP contribution in [0.25, 0.3) is 0 Å². The molecule has 1 aliphatic carbocycles. The van der Waals surface area contributed by atoms with E-state index < -0.39 is 15.3 Å². The van der Waals surface area contributed by atoms with Gasteiger partial charge in [-0.2, -0.15) is 0 Å². The number of nitrogens with one attached hydrogen (secondary N) is 2. The average Bonchev–Trinajstić information content (AvgIpc) is 2.95. The summed E-state index contributed by atoms with van der Waals surface area (Å²) >= 11 is 1.44. The molecule has 2 N–H and O–H groups in total. The highest BCUT2D eigenvalue weighted by Gasteiger charge is 2.29. The normalized spacial score (nSPS) is 22.3. The Kier molecular flexibility index (Phi) is 6.16. The Morgan fingerprint density at radius 3 is 2.52 bits per heavy atom. The van der Waals surface area contributed by atoms with Crippen molar-refractivity contribution in [1.82, 2.24) is 9.71 Å². The molecule has 8 heteroatoms. The molecule has 23 heavy (non-hydrogen) atoms. The van der Waals surface area contributed by atoms with Crippen LogP contribution in [0.4, 0.5) is 5.13 Å². The lowest BCUT2D eigenvalue weighted by Crippen LogP contribution is -2.42. The molecule has 6 nitrogen and oxygen atoms in total. The van der Waals surface area contributed by atoms with Gasteiger partial charge in [0.15, 0.2) is 5.13 Å². The summed E-state index contributed by atoms with van der Waals surface area (Å²) in [6, 6.07) is -0.0574. The largest absolute Gasteiger partial charge is 0.302 e. The topological polar surface area (TPSA) is 88.2 Å². The number of amides is 1. The second kappa shape index (κ2) is 7.72. The Morgan fingerprint density at radius 2 is 2.00 bits per heavy atom. The van der Waals surface area contributed by atoms with E-state index in [9.17, 15) is 13.2 Å². The van der Waals surface area contributed by atoms with Gasteiger partial charge in [-0.1, -0.05) is 6.92 Å². The molecular formula is C15H25N3O3S2. The molecule has 1 heterocycles. The van der Waals surface area contributed by atoms with Gasteiger partial charge in [0.1, 0.15) is 0 Å². The van der Waals surface area contributed by atoms with E-state index in [1.165, 1.54) is 11.3 Å². The fourth-order valence-electron chi connectivity index (χ4n) is 2.58. The zero-order valence-corrected chi connectivity index (χ0v) is 15.5. The Labute approximate surface area is 142 Å². The first-order chi connectivity index (χ1) is 10.8. The minimum absolute atomic E-state index is 0.00725. The van der Waals surface area contributed by atoms with Crippen molar-refractivity contribution >= 4 is 32.4 Å². The number of nitrogens with zero attached hydrogens (tertiary/aromatic N) is 1. The number of hydrogen-bond donors (Lipinski definition) is 2. The van der Waals surface area contributed by atoms with Gasteiger partial charge in [-0.3, -0.25) is 4.79 Å². The van der Waals surface area contributed by atoms with Crippen LogP contribution < -0.4 is 10.0 Å². The van der Waals surface area contributed by atoms with Gasteiger partial charge >= 0.3 is 0 Å². The monoisotopic (exact) mass is 359 g/mol. The van der Waals surface area contributed by atoms with Crippen LogP contribution in [0, 0.1) is 5.92 Å². The van der Waals surface area contributed by atoms with E-state index in [4.69, 9.17) is 0 Å². The molecule has 0 saturated heterocycles. The molecule has 1 amide bonds. The number of sulfonamides is 1. The highest BCUT2D eigenvalue weighted by atomic mass is 32.2. The molecule has 1 fully saturated rings. The Morgan fingerprint density at radius 1 is 1.35 bits per heavy atom. The van der Waals surface area contributed by atoms with Crippen LogP contribution in [0.1, 0.15) is 52.1 Å². The maximum absolute atomic E-state index is 12.3. The van der Waals surface area contributed by atoms with E-state index in [1.54, 1.807) is 13.8 Å². The van der Waals surface area contributed by atoms with Gasteiger partial charge in [0.05, 0.1) is 10.9 Å². The molecule has 0 spiro atoms. The van der Waals surface area contributed by atoms with Gasteiger partial charge in [-0.15, -0.1) is 11.3 Å². The second-order valence-corrected chi connectivity index (χ2v) is 9.37. The molecule has 0 unspecified atom stereocenters. The first-order valence-corrected chi connectivity index (χ1v) is 10.5. The summed E-state index contributed by atoms with van der Waals surface area (Å²) in [7, 11) is -3.24. The van der Waals surface area contributed by atoms with Crippen LogP contribution in [0.3, 0.4) is 0 Å². The van der Waals surface area contributed by atoms with Crippen molar-refractivity contribution in [3.8, 4) is 0 Å². The van der Waals surface area contributed by atoms with Crippen LogP contribution >= 0.6 is 11.3 Å². The zero-order valence-electron chi connectivity index (χ0n) is 13.8. The molecule has 1 aromatic heterocycles. The van der Waals surface area contributed by atoms with Gasteiger partial charge in [0, 0.05) is 17.3 Å². The van der Waals surface area contributed by atoms with E-state index in [-0.39, 0.29) is 17.9 Å². The number of carbonyl (C=O) groups is 1. The smallest absolute Gasteiger partial charge is 0.229 e. The summed E-state index contributed by atoms with van der Waals surface area (Å²) in [6.45, 7) is 5.36. The third-order valence-electron chi connectivity index (χ3n) is 4.19. The van der Waals surface area contributed by atoms with E-state index in [0.717, 1.165) is 12.1 Å². The SMILES string of the molecule is CCc1csc(NC(=O)C2CCC(NS(=O)(=O)C(C)C)CC2)n1. The summed E-state index contributed by atoms with van der Waals surface area (Å²) in [5.74, 6) is -0.0732. The molecule has 1 aliphatic rings.